The molecule has 238 valence electrons. The highest BCUT2D eigenvalue weighted by Gasteiger charge is 2.29. The zero-order chi connectivity index (χ0) is 31.9. The molecule has 0 bridgehead atoms. The van der Waals surface area contributed by atoms with E-state index in [2.05, 4.69) is 17.5 Å². The van der Waals surface area contributed by atoms with Crippen molar-refractivity contribution in [1.82, 2.24) is 5.32 Å². The minimum Gasteiger partial charge on any atom is -0.494 e. The van der Waals surface area contributed by atoms with Gasteiger partial charge in [-0.3, -0.25) is 9.59 Å². The van der Waals surface area contributed by atoms with Gasteiger partial charge in [0.15, 0.2) is 0 Å². The number of carbonyl (C=O) groups excluding carboxylic acids is 3. The minimum absolute atomic E-state index is 0.179. The summed E-state index contributed by atoms with van der Waals surface area (Å²) in [5.41, 5.74) is 1.51. The maximum Gasteiger partial charge on any atom is 0.337 e. The predicted molar refractivity (Wildman–Crippen MR) is 171 cm³/mol. The highest BCUT2D eigenvalue weighted by atomic mass is 16.5. The van der Waals surface area contributed by atoms with Crippen LogP contribution in [0.2, 0.25) is 0 Å². The van der Waals surface area contributed by atoms with E-state index in [-0.39, 0.29) is 48.2 Å². The lowest BCUT2D eigenvalue weighted by molar-refractivity contribution is -0.146. The quantitative estimate of drug-likeness (QED) is 0.158. The summed E-state index contributed by atoms with van der Waals surface area (Å²) in [6.45, 7) is 1.10. The van der Waals surface area contributed by atoms with Gasteiger partial charge in [0.1, 0.15) is 30.5 Å². The van der Waals surface area contributed by atoms with Crippen LogP contribution in [0.15, 0.2) is 78.9 Å². The Labute approximate surface area is 264 Å². The number of ether oxygens (including phenoxy) is 5. The molecule has 1 N–H and O–H groups in total. The number of para-hydroxylation sites is 1. The lowest BCUT2D eigenvalue weighted by Gasteiger charge is -2.28. The summed E-state index contributed by atoms with van der Waals surface area (Å²) in [6, 6.07) is 21.9. The summed E-state index contributed by atoms with van der Waals surface area (Å²) < 4.78 is 27.2. The molecular formula is C36H41NO8. The number of rotatable bonds is 15. The molecule has 3 aromatic carbocycles. The maximum atomic E-state index is 13.3. The molecule has 9 nitrogen and oxygen atoms in total. The first-order valence-electron chi connectivity index (χ1n) is 15.3. The normalized spacial score (nSPS) is 16.0. The average molecular weight is 616 g/mol. The molecule has 0 heterocycles. The number of amides is 1. The third-order valence-corrected chi connectivity index (χ3v) is 7.52. The van der Waals surface area contributed by atoms with E-state index in [1.807, 2.05) is 54.6 Å². The number of allylic oxidation sites excluding steroid dienone is 1. The van der Waals surface area contributed by atoms with E-state index < -0.39 is 5.97 Å². The smallest absolute Gasteiger partial charge is 0.337 e. The van der Waals surface area contributed by atoms with E-state index in [9.17, 15) is 14.4 Å². The molecule has 1 saturated carbocycles. The van der Waals surface area contributed by atoms with E-state index in [0.717, 1.165) is 43.4 Å². The van der Waals surface area contributed by atoms with Gasteiger partial charge in [-0.25, -0.2) is 4.79 Å². The topological polar surface area (TPSA) is 109 Å². The third kappa shape index (κ3) is 10.4. The number of carbonyl (C=O) groups is 3. The van der Waals surface area contributed by atoms with E-state index in [0.29, 0.717) is 24.5 Å². The fourth-order valence-corrected chi connectivity index (χ4v) is 5.16. The Morgan fingerprint density at radius 1 is 0.822 bits per heavy atom. The van der Waals surface area contributed by atoms with Crippen molar-refractivity contribution < 1.29 is 38.1 Å². The molecule has 45 heavy (non-hydrogen) atoms. The van der Waals surface area contributed by atoms with Crippen molar-refractivity contribution in [3.05, 3.63) is 95.6 Å². The fraction of sp³-hybridized carbons (Fsp3) is 0.361. The lowest BCUT2D eigenvalue weighted by atomic mass is 9.85. The van der Waals surface area contributed by atoms with Crippen molar-refractivity contribution in [2.75, 3.05) is 34.0 Å². The lowest BCUT2D eigenvalue weighted by Crippen LogP contribution is -2.40. The molecule has 0 aromatic heterocycles. The number of unbranched alkanes of at least 4 members (excludes halogenated alkanes) is 1. The van der Waals surface area contributed by atoms with Crippen LogP contribution >= 0.6 is 0 Å². The minimum atomic E-state index is -0.558. The number of methoxy groups -OCH3 is 2. The van der Waals surface area contributed by atoms with Crippen molar-refractivity contribution in [3.63, 3.8) is 0 Å². The molecule has 2 unspecified atom stereocenters. The van der Waals surface area contributed by atoms with Gasteiger partial charge < -0.3 is 29.0 Å². The summed E-state index contributed by atoms with van der Waals surface area (Å²) in [4.78, 5) is 37.5. The molecule has 9 heteroatoms. The van der Waals surface area contributed by atoms with E-state index in [1.165, 1.54) is 20.3 Å². The Morgan fingerprint density at radius 2 is 1.56 bits per heavy atom. The van der Waals surface area contributed by atoms with Crippen LogP contribution in [0.3, 0.4) is 0 Å². The highest BCUT2D eigenvalue weighted by molar-refractivity contribution is 6.00. The first kappa shape index (κ1) is 33.1. The Balaban J connectivity index is 1.25. The molecule has 4 rings (SSSR count). The average Bonchev–Trinajstić information content (AvgIpc) is 3.08. The monoisotopic (exact) mass is 615 g/mol. The van der Waals surface area contributed by atoms with Crippen LogP contribution < -0.4 is 19.5 Å². The van der Waals surface area contributed by atoms with Gasteiger partial charge in [-0.15, -0.1) is 0 Å². The number of hydrogen-bond donors (Lipinski definition) is 1. The van der Waals surface area contributed by atoms with Gasteiger partial charge in [0.2, 0.25) is 0 Å². The zero-order valence-electron chi connectivity index (χ0n) is 25.9. The predicted octanol–water partition coefficient (Wildman–Crippen LogP) is 6.27. The molecule has 1 aliphatic carbocycles. The molecule has 1 amide bonds. The van der Waals surface area contributed by atoms with Gasteiger partial charge in [-0.1, -0.05) is 48.9 Å². The van der Waals surface area contributed by atoms with Gasteiger partial charge in [-0.2, -0.15) is 0 Å². The molecule has 0 aliphatic heterocycles. The van der Waals surface area contributed by atoms with Crippen LogP contribution in [0.1, 0.15) is 64.8 Å². The van der Waals surface area contributed by atoms with E-state index >= 15 is 0 Å². The molecule has 2 atom stereocenters. The first-order chi connectivity index (χ1) is 22.0. The van der Waals surface area contributed by atoms with Gasteiger partial charge >= 0.3 is 11.9 Å². The van der Waals surface area contributed by atoms with Gasteiger partial charge in [0, 0.05) is 6.04 Å². The van der Waals surface area contributed by atoms with Crippen LogP contribution in [0.5, 0.6) is 17.2 Å². The van der Waals surface area contributed by atoms with Gasteiger partial charge in [0.05, 0.1) is 37.9 Å². The summed E-state index contributed by atoms with van der Waals surface area (Å²) in [5, 5.41) is 3.00. The van der Waals surface area contributed by atoms with Crippen molar-refractivity contribution in [2.45, 2.75) is 44.6 Å². The van der Waals surface area contributed by atoms with Crippen LogP contribution in [0.25, 0.3) is 6.08 Å². The maximum absolute atomic E-state index is 13.3. The Kier molecular flexibility index (Phi) is 12.9. The summed E-state index contributed by atoms with van der Waals surface area (Å²) in [6.07, 6.45) is 8.82. The van der Waals surface area contributed by atoms with Crippen molar-refractivity contribution >= 4 is 23.9 Å². The number of hydrogen-bond acceptors (Lipinski definition) is 8. The standard InChI is InChI=1S/C36H41NO8/c1-41-35(39)27-11-9-12-29(24-27)37-34(38)32-25-28(36(40)42-2)17-20-33(32)45-23-22-44-31-18-15-26(16-19-31)10-5-4-8-21-43-30-13-6-3-7-14-30/h3,5-7,10,13-20,25,27,29H,4,8-9,11-12,21-24H2,1-2H3,(H,37,38). The highest BCUT2D eigenvalue weighted by Crippen LogP contribution is 2.27. The fourth-order valence-electron chi connectivity index (χ4n) is 5.16. The second kappa shape index (κ2) is 17.5. The third-order valence-electron chi connectivity index (χ3n) is 7.52. The molecule has 1 aliphatic rings. The number of benzene rings is 3. The molecule has 3 aromatic rings. The molecule has 0 radical (unpaired) electrons. The molecular weight excluding hydrogens is 574 g/mol. The summed E-state index contributed by atoms with van der Waals surface area (Å²) >= 11 is 0. The van der Waals surface area contributed by atoms with E-state index in [4.69, 9.17) is 23.7 Å². The van der Waals surface area contributed by atoms with Gasteiger partial charge in [-0.05, 0) is 80.1 Å². The Hall–Kier alpha value is -4.79. The largest absolute Gasteiger partial charge is 0.494 e. The zero-order valence-corrected chi connectivity index (χ0v) is 25.9. The van der Waals surface area contributed by atoms with Crippen LogP contribution in [0, 0.1) is 5.92 Å². The van der Waals surface area contributed by atoms with Crippen molar-refractivity contribution in [3.8, 4) is 17.2 Å². The molecule has 1 fully saturated rings. The Bertz CT molecular complexity index is 1420. The second-order valence-electron chi connectivity index (χ2n) is 10.7. The first-order valence-corrected chi connectivity index (χ1v) is 15.3. The van der Waals surface area contributed by atoms with Crippen molar-refractivity contribution in [2.24, 2.45) is 5.92 Å². The molecule has 0 spiro atoms. The van der Waals surface area contributed by atoms with Gasteiger partial charge in [0.25, 0.3) is 5.91 Å². The van der Waals surface area contributed by atoms with E-state index in [1.54, 1.807) is 12.1 Å². The Morgan fingerprint density at radius 3 is 2.31 bits per heavy atom. The van der Waals surface area contributed by atoms with Crippen LogP contribution in [0.4, 0.5) is 0 Å². The van der Waals surface area contributed by atoms with Crippen molar-refractivity contribution in [1.29, 1.82) is 0 Å². The summed E-state index contributed by atoms with van der Waals surface area (Å²) in [5.74, 6) is 0.437. The second-order valence-corrected chi connectivity index (χ2v) is 10.7. The SMILES string of the molecule is COC(=O)c1ccc(OCCOc2ccc(C=CCCCOc3ccccc3)cc2)c(C(=O)NC2CCCC(C(=O)OC)C2)c1. The van der Waals surface area contributed by atoms with Crippen LogP contribution in [-0.2, 0) is 14.3 Å². The summed E-state index contributed by atoms with van der Waals surface area (Å²) in [7, 11) is 2.65. The molecule has 0 saturated heterocycles. The number of nitrogens with one attached hydrogen (secondary N) is 1. The van der Waals surface area contributed by atoms with Crippen LogP contribution in [-0.4, -0.2) is 57.9 Å². The number of esters is 2.